The quantitative estimate of drug-likeness (QED) is 0.199. The molecule has 1 fully saturated rings. The summed E-state index contributed by atoms with van der Waals surface area (Å²) in [5.41, 5.74) is -3.00. The van der Waals surface area contributed by atoms with E-state index >= 15 is 0 Å². The van der Waals surface area contributed by atoms with Crippen molar-refractivity contribution in [3.63, 3.8) is 0 Å². The highest BCUT2D eigenvalue weighted by molar-refractivity contribution is 5.57. The Hall–Kier alpha value is -0.730. The number of carbonyl (C=O) groups excluding carboxylic acids is 1. The number of carbonyl (C=O) groups is 1. The van der Waals surface area contributed by atoms with E-state index in [9.17, 15) is 40.5 Å². The van der Waals surface area contributed by atoms with E-state index in [1.165, 1.54) is 0 Å². The molecular weight excluding hydrogens is 320 g/mol. The summed E-state index contributed by atoms with van der Waals surface area (Å²) in [5, 5.41) is 87.1. The molecule has 1 rings (SSSR count). The lowest BCUT2D eigenvalue weighted by Gasteiger charge is -2.49. The first-order chi connectivity index (χ1) is 10.7. The van der Waals surface area contributed by atoms with Crippen LogP contribution in [0.3, 0.4) is 0 Å². The topological polar surface area (TPSA) is 208 Å². The van der Waals surface area contributed by atoms with Crippen LogP contribution in [0, 0.1) is 0 Å². The van der Waals surface area contributed by atoms with Gasteiger partial charge in [0.1, 0.15) is 54.4 Å². The monoisotopic (exact) mass is 342 g/mol. The van der Waals surface area contributed by atoms with Gasteiger partial charge in [-0.2, -0.15) is 0 Å². The van der Waals surface area contributed by atoms with E-state index in [-0.39, 0.29) is 6.29 Å². The van der Waals surface area contributed by atoms with Gasteiger partial charge in [-0.3, -0.25) is 0 Å². The predicted octanol–water partition coefficient (Wildman–Crippen LogP) is -6.17. The highest BCUT2D eigenvalue weighted by Gasteiger charge is 2.59. The van der Waals surface area contributed by atoms with Gasteiger partial charge in [0, 0.05) is 0 Å². The number of rotatable bonds is 7. The molecule has 0 saturated carbocycles. The fourth-order valence-corrected chi connectivity index (χ4v) is 2.53. The van der Waals surface area contributed by atoms with Gasteiger partial charge in [-0.1, -0.05) is 0 Å². The normalized spacial score (nSPS) is 38.4. The maximum Gasteiger partial charge on any atom is 0.151 e. The van der Waals surface area contributed by atoms with E-state index in [4.69, 9.17) is 14.9 Å². The van der Waals surface area contributed by atoms with Crippen molar-refractivity contribution >= 4 is 6.29 Å². The van der Waals surface area contributed by atoms with Crippen LogP contribution in [0.25, 0.3) is 0 Å². The maximum atomic E-state index is 10.6. The number of hydrogen-bond donors (Lipinski definition) is 9. The van der Waals surface area contributed by atoms with Crippen LogP contribution in [0.2, 0.25) is 0 Å². The zero-order chi connectivity index (χ0) is 17.9. The van der Waals surface area contributed by atoms with Gasteiger partial charge in [0.15, 0.2) is 6.29 Å². The van der Waals surface area contributed by atoms with E-state index in [0.717, 1.165) is 0 Å². The van der Waals surface area contributed by atoms with Gasteiger partial charge in [-0.15, -0.1) is 0 Å². The van der Waals surface area contributed by atoms with Crippen LogP contribution >= 0.6 is 0 Å². The van der Waals surface area contributed by atoms with Crippen LogP contribution in [0.15, 0.2) is 0 Å². The highest BCUT2D eigenvalue weighted by atomic mass is 16.6. The third kappa shape index (κ3) is 3.53. The summed E-state index contributed by atoms with van der Waals surface area (Å²) in [6.45, 7) is -2.01. The summed E-state index contributed by atoms with van der Waals surface area (Å²) in [4.78, 5) is 10.6. The second kappa shape index (κ2) is 7.90. The largest absolute Gasteiger partial charge is 0.394 e. The molecule has 1 heterocycles. The van der Waals surface area contributed by atoms with Crippen LogP contribution in [0.4, 0.5) is 0 Å². The first kappa shape index (κ1) is 20.3. The lowest BCUT2D eigenvalue weighted by atomic mass is 9.76. The SMILES string of the molecule is O=C[C@@H](O)[C@@H](O)[C@](O)([C@H](O)CO)[C@@H]1O[C@H](CO)[C@H](O)[C@H](O)[C@H]1O. The number of aliphatic hydroxyl groups excluding tert-OH is 8. The van der Waals surface area contributed by atoms with Gasteiger partial charge in [0.05, 0.1) is 13.2 Å². The van der Waals surface area contributed by atoms with Crippen molar-refractivity contribution in [1.82, 2.24) is 0 Å². The van der Waals surface area contributed by atoms with Crippen LogP contribution in [-0.4, -0.2) is 120 Å². The van der Waals surface area contributed by atoms with Gasteiger partial charge in [0.25, 0.3) is 0 Å². The minimum Gasteiger partial charge on any atom is -0.394 e. The minimum atomic E-state index is -3.00. The van der Waals surface area contributed by atoms with E-state index in [2.05, 4.69) is 0 Å². The number of ether oxygens (including phenoxy) is 1. The Morgan fingerprint density at radius 2 is 1.61 bits per heavy atom. The molecule has 23 heavy (non-hydrogen) atoms. The Bertz CT molecular complexity index is 391. The average molecular weight is 342 g/mol. The molecule has 0 radical (unpaired) electrons. The van der Waals surface area contributed by atoms with Gasteiger partial charge < -0.3 is 55.5 Å². The Morgan fingerprint density at radius 3 is 2.04 bits per heavy atom. The maximum absolute atomic E-state index is 10.6. The first-order valence-corrected chi connectivity index (χ1v) is 6.79. The van der Waals surface area contributed by atoms with Crippen molar-refractivity contribution in [2.45, 2.75) is 54.4 Å². The van der Waals surface area contributed by atoms with Crippen molar-refractivity contribution in [2.75, 3.05) is 13.2 Å². The molecule has 1 aliphatic heterocycles. The van der Waals surface area contributed by atoms with E-state index < -0.39 is 67.6 Å². The standard InChI is InChI=1S/C12H22O11/c13-1-4(16)10(21)12(22,6(17)3-15)11-9(20)8(19)7(18)5(2-14)23-11/h1,4-11,14-22H,2-3H2/t4-,5-,6-,7+,8+,9-,10-,11-,12-/m1/s1. The molecule has 0 aliphatic carbocycles. The first-order valence-electron chi connectivity index (χ1n) is 6.79. The molecule has 1 aliphatic rings. The van der Waals surface area contributed by atoms with Gasteiger partial charge >= 0.3 is 0 Å². The summed E-state index contributed by atoms with van der Waals surface area (Å²) < 4.78 is 5.02. The fraction of sp³-hybridized carbons (Fsp3) is 0.917. The van der Waals surface area contributed by atoms with Gasteiger partial charge in [0.2, 0.25) is 0 Å². The summed E-state index contributed by atoms with van der Waals surface area (Å²) in [6, 6.07) is 0. The van der Waals surface area contributed by atoms with Gasteiger partial charge in [-0.05, 0) is 0 Å². The average Bonchev–Trinajstić information content (AvgIpc) is 2.56. The molecule has 9 atom stereocenters. The molecule has 1 saturated heterocycles. The zero-order valence-electron chi connectivity index (χ0n) is 12.0. The molecule has 136 valence electrons. The molecule has 0 aromatic carbocycles. The molecule has 11 heteroatoms. The summed E-state index contributed by atoms with van der Waals surface area (Å²) in [5.74, 6) is 0. The Kier molecular flexibility index (Phi) is 6.97. The summed E-state index contributed by atoms with van der Waals surface area (Å²) in [7, 11) is 0. The number of hydrogen-bond acceptors (Lipinski definition) is 11. The Morgan fingerprint density at radius 1 is 1.04 bits per heavy atom. The lowest BCUT2D eigenvalue weighted by molar-refractivity contribution is -0.309. The fourth-order valence-electron chi connectivity index (χ4n) is 2.53. The Balaban J connectivity index is 3.27. The van der Waals surface area contributed by atoms with E-state index in [0.29, 0.717) is 0 Å². The van der Waals surface area contributed by atoms with E-state index in [1.54, 1.807) is 0 Å². The van der Waals surface area contributed by atoms with Crippen molar-refractivity contribution in [2.24, 2.45) is 0 Å². The predicted molar refractivity (Wildman–Crippen MR) is 69.9 cm³/mol. The van der Waals surface area contributed by atoms with Crippen LogP contribution in [0.1, 0.15) is 0 Å². The second-order valence-corrected chi connectivity index (χ2v) is 5.41. The third-order valence-corrected chi connectivity index (χ3v) is 3.99. The molecule has 0 spiro atoms. The molecule has 0 amide bonds. The molecule has 9 N–H and O–H groups in total. The van der Waals surface area contributed by atoms with Crippen molar-refractivity contribution in [3.8, 4) is 0 Å². The minimum absolute atomic E-state index is 0.163. The van der Waals surface area contributed by atoms with Crippen LogP contribution < -0.4 is 0 Å². The smallest absolute Gasteiger partial charge is 0.151 e. The molecule has 0 aromatic heterocycles. The number of aliphatic hydroxyl groups is 9. The molecule has 11 nitrogen and oxygen atoms in total. The summed E-state index contributed by atoms with van der Waals surface area (Å²) in [6.07, 6.45) is -16.3. The van der Waals surface area contributed by atoms with Gasteiger partial charge in [-0.25, -0.2) is 0 Å². The summed E-state index contributed by atoms with van der Waals surface area (Å²) >= 11 is 0. The van der Waals surface area contributed by atoms with Crippen molar-refractivity contribution < 1.29 is 55.5 Å². The molecule has 0 bridgehead atoms. The Labute approximate surface area is 130 Å². The lowest BCUT2D eigenvalue weighted by Crippen LogP contribution is -2.73. The van der Waals surface area contributed by atoms with Crippen LogP contribution in [0.5, 0.6) is 0 Å². The third-order valence-electron chi connectivity index (χ3n) is 3.99. The zero-order valence-corrected chi connectivity index (χ0v) is 12.0. The molecule has 0 unspecified atom stereocenters. The van der Waals surface area contributed by atoms with E-state index in [1.807, 2.05) is 0 Å². The van der Waals surface area contributed by atoms with Crippen molar-refractivity contribution in [3.05, 3.63) is 0 Å². The van der Waals surface area contributed by atoms with Crippen molar-refractivity contribution in [1.29, 1.82) is 0 Å². The molecular formula is C12H22O11. The van der Waals surface area contributed by atoms with Crippen LogP contribution in [-0.2, 0) is 9.53 Å². The highest BCUT2D eigenvalue weighted by Crippen LogP contribution is 2.33. The molecule has 0 aromatic rings. The number of aldehydes is 1. The second-order valence-electron chi connectivity index (χ2n) is 5.41.